The van der Waals surface area contributed by atoms with Crippen LogP contribution in [-0.4, -0.2) is 29.8 Å². The number of ether oxygens (including phenoxy) is 1. The zero-order valence-corrected chi connectivity index (χ0v) is 20.7. The first-order valence-electron chi connectivity index (χ1n) is 13.0. The fourth-order valence-corrected chi connectivity index (χ4v) is 4.97. The second kappa shape index (κ2) is 9.49. The molecule has 1 aliphatic heterocycles. The first-order chi connectivity index (χ1) is 17.5. The predicted molar refractivity (Wildman–Crippen MR) is 136 cm³/mol. The van der Waals surface area contributed by atoms with Crippen LogP contribution in [0.3, 0.4) is 0 Å². The highest BCUT2D eigenvalue weighted by Gasteiger charge is 2.39. The quantitative estimate of drug-likeness (QED) is 0.478. The Morgan fingerprint density at radius 2 is 1.83 bits per heavy atom. The number of aryl methyl sites for hydroxylation is 1. The summed E-state index contributed by atoms with van der Waals surface area (Å²) in [5.41, 5.74) is 4.70. The minimum absolute atomic E-state index is 0.114. The van der Waals surface area contributed by atoms with Crippen LogP contribution >= 0.6 is 0 Å². The van der Waals surface area contributed by atoms with Gasteiger partial charge in [-0.3, -0.25) is 9.59 Å². The largest absolute Gasteiger partial charge is 0.486 e. The topological polar surface area (TPSA) is 71.8 Å². The number of benzene rings is 2. The molecular weight excluding hydrogens is 452 g/mol. The van der Waals surface area contributed by atoms with Gasteiger partial charge in [-0.1, -0.05) is 35.9 Å². The fraction of sp³-hybridized carbons (Fsp3) is 0.400. The van der Waals surface area contributed by atoms with Crippen molar-refractivity contribution in [3.63, 3.8) is 0 Å². The average molecular weight is 485 g/mol. The van der Waals surface area contributed by atoms with Crippen LogP contribution in [0.2, 0.25) is 0 Å². The lowest BCUT2D eigenvalue weighted by atomic mass is 9.87. The molecule has 6 heteroatoms. The number of nitrogens with one attached hydrogen (secondary N) is 1. The summed E-state index contributed by atoms with van der Waals surface area (Å²) >= 11 is 0. The van der Waals surface area contributed by atoms with Crippen molar-refractivity contribution in [1.82, 2.24) is 10.2 Å². The number of carbonyl (C=O) groups is 2. The molecule has 2 saturated carbocycles. The van der Waals surface area contributed by atoms with Crippen LogP contribution in [0.5, 0.6) is 5.75 Å². The van der Waals surface area contributed by atoms with Gasteiger partial charge in [0.2, 0.25) is 5.91 Å². The number of amides is 2. The number of hydrogen-bond acceptors (Lipinski definition) is 4. The van der Waals surface area contributed by atoms with Gasteiger partial charge in [0.05, 0.1) is 6.04 Å². The maximum absolute atomic E-state index is 13.2. The van der Waals surface area contributed by atoms with Gasteiger partial charge in [-0.05, 0) is 85.9 Å². The Morgan fingerprint density at radius 3 is 2.58 bits per heavy atom. The molecule has 6 rings (SSSR count). The van der Waals surface area contributed by atoms with E-state index >= 15 is 0 Å². The first kappa shape index (κ1) is 22.9. The molecular formula is C30H32N2O4. The number of nitrogens with zero attached hydrogens (tertiary/aromatic N) is 1. The second-order valence-electron chi connectivity index (χ2n) is 10.4. The summed E-state index contributed by atoms with van der Waals surface area (Å²) in [6.45, 7) is 3.75. The summed E-state index contributed by atoms with van der Waals surface area (Å²) in [4.78, 5) is 27.6. The lowest BCUT2D eigenvalue weighted by molar-refractivity contribution is -0.134. The highest BCUT2D eigenvalue weighted by atomic mass is 16.5. The van der Waals surface area contributed by atoms with Crippen LogP contribution in [0, 0.1) is 18.8 Å². The van der Waals surface area contributed by atoms with Crippen LogP contribution in [0.1, 0.15) is 70.3 Å². The molecule has 1 N–H and O–H groups in total. The van der Waals surface area contributed by atoms with Crippen LogP contribution in [0.4, 0.5) is 0 Å². The third kappa shape index (κ3) is 4.90. The molecule has 0 unspecified atom stereocenters. The Hall–Kier alpha value is -3.54. The van der Waals surface area contributed by atoms with Gasteiger partial charge < -0.3 is 19.4 Å². The highest BCUT2D eigenvalue weighted by Crippen LogP contribution is 2.41. The van der Waals surface area contributed by atoms with Crippen LogP contribution < -0.4 is 10.1 Å². The molecule has 0 spiro atoms. The van der Waals surface area contributed by atoms with E-state index < -0.39 is 0 Å². The van der Waals surface area contributed by atoms with E-state index in [1.165, 1.54) is 24.0 Å². The smallest absolute Gasteiger partial charge is 0.287 e. The van der Waals surface area contributed by atoms with E-state index in [0.717, 1.165) is 42.7 Å². The maximum atomic E-state index is 13.2. The summed E-state index contributed by atoms with van der Waals surface area (Å²) in [6, 6.07) is 18.0. The fourth-order valence-electron chi connectivity index (χ4n) is 4.97. The SMILES string of the molecule is Cc1ccc([C@@H]2c3cc(OCc4ccc(C(=O)NCC5CC5)o4)ccc3CCN2C(=O)C2CC2)cc1. The summed E-state index contributed by atoms with van der Waals surface area (Å²) in [5, 5.41) is 2.93. The van der Waals surface area contributed by atoms with Crippen molar-refractivity contribution in [3.8, 4) is 5.75 Å². The molecule has 2 fully saturated rings. The molecule has 2 amide bonds. The van der Waals surface area contributed by atoms with Crippen molar-refractivity contribution < 1.29 is 18.7 Å². The van der Waals surface area contributed by atoms with Crippen LogP contribution in [-0.2, 0) is 17.8 Å². The Bertz CT molecular complexity index is 1270. The standard InChI is InChI=1S/C30H32N2O4/c1-19-2-6-22(7-3-19)28-26-16-24(11-10-21(26)14-15-32(28)30(34)23-8-9-23)35-18-25-12-13-27(36-25)29(33)31-17-20-4-5-20/h2-3,6-7,10-13,16,20,23,28H,4-5,8-9,14-15,17-18H2,1H3,(H,31,33)/t28-/m1/s1. The lowest BCUT2D eigenvalue weighted by Crippen LogP contribution is -2.41. The van der Waals surface area contributed by atoms with Crippen molar-refractivity contribution >= 4 is 11.8 Å². The van der Waals surface area contributed by atoms with Crippen molar-refractivity contribution in [2.24, 2.45) is 11.8 Å². The average Bonchev–Trinajstić information content (AvgIpc) is 3.84. The molecule has 36 heavy (non-hydrogen) atoms. The molecule has 2 heterocycles. The summed E-state index contributed by atoms with van der Waals surface area (Å²) in [7, 11) is 0. The van der Waals surface area contributed by atoms with Gasteiger partial charge in [-0.25, -0.2) is 0 Å². The van der Waals surface area contributed by atoms with Gasteiger partial charge >= 0.3 is 0 Å². The highest BCUT2D eigenvalue weighted by molar-refractivity contribution is 5.91. The van der Waals surface area contributed by atoms with Gasteiger partial charge in [0.15, 0.2) is 5.76 Å². The third-order valence-corrected chi connectivity index (χ3v) is 7.46. The van der Waals surface area contributed by atoms with E-state index in [1.54, 1.807) is 12.1 Å². The van der Waals surface area contributed by atoms with Crippen molar-refractivity contribution in [2.45, 2.75) is 51.7 Å². The van der Waals surface area contributed by atoms with Crippen molar-refractivity contribution in [2.75, 3.05) is 13.1 Å². The van der Waals surface area contributed by atoms with E-state index in [1.807, 2.05) is 6.07 Å². The van der Waals surface area contributed by atoms with Gasteiger partial charge in [-0.15, -0.1) is 0 Å². The molecule has 3 aromatic rings. The van der Waals surface area contributed by atoms with E-state index in [2.05, 4.69) is 53.5 Å². The van der Waals surface area contributed by atoms with E-state index in [0.29, 0.717) is 24.0 Å². The molecule has 6 nitrogen and oxygen atoms in total. The molecule has 2 aromatic carbocycles. The maximum Gasteiger partial charge on any atom is 0.287 e. The van der Waals surface area contributed by atoms with E-state index in [-0.39, 0.29) is 30.4 Å². The number of furan rings is 1. The van der Waals surface area contributed by atoms with Crippen molar-refractivity contribution in [1.29, 1.82) is 0 Å². The molecule has 3 aliphatic rings. The zero-order chi connectivity index (χ0) is 24.6. The molecule has 186 valence electrons. The number of fused-ring (bicyclic) bond motifs is 1. The zero-order valence-electron chi connectivity index (χ0n) is 20.7. The Morgan fingerprint density at radius 1 is 1.03 bits per heavy atom. The molecule has 0 bridgehead atoms. The normalized spacial score (nSPS) is 19.0. The van der Waals surface area contributed by atoms with Gasteiger partial charge in [0.25, 0.3) is 5.91 Å². The lowest BCUT2D eigenvalue weighted by Gasteiger charge is -2.38. The number of rotatable bonds is 8. The Labute approximate surface area is 211 Å². The minimum Gasteiger partial charge on any atom is -0.486 e. The molecule has 0 radical (unpaired) electrons. The summed E-state index contributed by atoms with van der Waals surface area (Å²) in [5.74, 6) is 2.52. The third-order valence-electron chi connectivity index (χ3n) is 7.46. The Kier molecular flexibility index (Phi) is 6.04. The van der Waals surface area contributed by atoms with Gasteiger partial charge in [-0.2, -0.15) is 0 Å². The van der Waals surface area contributed by atoms with Gasteiger partial charge in [0.1, 0.15) is 18.1 Å². The summed E-state index contributed by atoms with van der Waals surface area (Å²) in [6.07, 6.45) is 5.21. The first-order valence-corrected chi connectivity index (χ1v) is 13.0. The van der Waals surface area contributed by atoms with Crippen LogP contribution in [0.15, 0.2) is 59.0 Å². The second-order valence-corrected chi connectivity index (χ2v) is 10.4. The minimum atomic E-state index is -0.178. The van der Waals surface area contributed by atoms with E-state index in [9.17, 15) is 9.59 Å². The monoisotopic (exact) mass is 484 g/mol. The predicted octanol–water partition coefficient (Wildman–Crippen LogP) is 5.19. The Balaban J connectivity index is 1.20. The summed E-state index contributed by atoms with van der Waals surface area (Å²) < 4.78 is 11.8. The molecule has 1 atom stereocenters. The number of hydrogen-bond donors (Lipinski definition) is 1. The molecule has 2 aliphatic carbocycles. The van der Waals surface area contributed by atoms with Gasteiger partial charge in [0, 0.05) is 19.0 Å². The number of carbonyl (C=O) groups excluding carboxylic acids is 2. The van der Waals surface area contributed by atoms with E-state index in [4.69, 9.17) is 9.15 Å². The van der Waals surface area contributed by atoms with Crippen LogP contribution in [0.25, 0.3) is 0 Å². The molecule has 0 saturated heterocycles. The van der Waals surface area contributed by atoms with Crippen molar-refractivity contribution in [3.05, 3.63) is 88.4 Å². The molecule has 1 aromatic heterocycles.